The Balaban J connectivity index is 1.71. The van der Waals surface area contributed by atoms with E-state index in [4.69, 9.17) is 4.42 Å². The quantitative estimate of drug-likeness (QED) is 0.615. The van der Waals surface area contributed by atoms with Crippen molar-refractivity contribution in [2.24, 2.45) is 0 Å². The molecular formula is C21H18N3O2+. The minimum absolute atomic E-state index is 0.148. The van der Waals surface area contributed by atoms with E-state index in [0.717, 1.165) is 22.4 Å². The SMILES string of the molecule is Cc1ccc(-c2cc(C(=O)NCc3cccc[nH+]3)c3ccccc3n2)o1. The number of aromatic nitrogens is 2. The molecule has 4 aromatic rings. The van der Waals surface area contributed by atoms with Crippen LogP contribution in [0.2, 0.25) is 0 Å². The van der Waals surface area contributed by atoms with Gasteiger partial charge in [-0.25, -0.2) is 9.97 Å². The van der Waals surface area contributed by atoms with Crippen LogP contribution in [0, 0.1) is 6.92 Å². The fourth-order valence-corrected chi connectivity index (χ4v) is 2.87. The number of hydrogen-bond acceptors (Lipinski definition) is 3. The number of rotatable bonds is 4. The lowest BCUT2D eigenvalue weighted by Gasteiger charge is -2.09. The number of amides is 1. The molecule has 0 saturated carbocycles. The van der Waals surface area contributed by atoms with Crippen molar-refractivity contribution in [1.82, 2.24) is 10.3 Å². The van der Waals surface area contributed by atoms with Crippen LogP contribution in [0.15, 0.2) is 71.3 Å². The minimum atomic E-state index is -0.148. The lowest BCUT2D eigenvalue weighted by molar-refractivity contribution is -0.390. The van der Waals surface area contributed by atoms with Gasteiger partial charge in [-0.3, -0.25) is 4.79 Å². The van der Waals surface area contributed by atoms with Gasteiger partial charge in [-0.15, -0.1) is 0 Å². The Kier molecular flexibility index (Phi) is 4.19. The first-order chi connectivity index (χ1) is 12.7. The number of aromatic amines is 1. The van der Waals surface area contributed by atoms with E-state index in [1.165, 1.54) is 0 Å². The predicted octanol–water partition coefficient (Wildman–Crippen LogP) is 3.55. The zero-order chi connectivity index (χ0) is 17.9. The van der Waals surface area contributed by atoms with E-state index in [1.807, 2.05) is 67.7 Å². The van der Waals surface area contributed by atoms with E-state index in [2.05, 4.69) is 15.3 Å². The van der Waals surface area contributed by atoms with Gasteiger partial charge < -0.3 is 9.73 Å². The highest BCUT2D eigenvalue weighted by Gasteiger charge is 2.15. The molecule has 0 atom stereocenters. The average Bonchev–Trinajstić information content (AvgIpc) is 3.12. The average molecular weight is 344 g/mol. The number of carbonyl (C=O) groups excluding carboxylic acids is 1. The van der Waals surface area contributed by atoms with E-state index in [1.54, 1.807) is 6.07 Å². The van der Waals surface area contributed by atoms with Gasteiger partial charge in [0.25, 0.3) is 5.91 Å². The molecule has 1 aromatic carbocycles. The fourth-order valence-electron chi connectivity index (χ4n) is 2.87. The molecule has 0 aliphatic carbocycles. The number of aryl methyl sites for hydroxylation is 1. The Bertz CT molecular complexity index is 1070. The van der Waals surface area contributed by atoms with Crippen molar-refractivity contribution >= 4 is 16.8 Å². The van der Waals surface area contributed by atoms with Gasteiger partial charge in [0.2, 0.25) is 0 Å². The summed E-state index contributed by atoms with van der Waals surface area (Å²) in [4.78, 5) is 20.6. The van der Waals surface area contributed by atoms with Crippen molar-refractivity contribution in [1.29, 1.82) is 0 Å². The van der Waals surface area contributed by atoms with Crippen molar-refractivity contribution in [3.8, 4) is 11.5 Å². The summed E-state index contributed by atoms with van der Waals surface area (Å²) in [7, 11) is 0. The molecule has 0 aliphatic heterocycles. The molecular weight excluding hydrogens is 326 g/mol. The lowest BCUT2D eigenvalue weighted by atomic mass is 10.1. The molecule has 0 bridgehead atoms. The van der Waals surface area contributed by atoms with Crippen LogP contribution < -0.4 is 10.3 Å². The van der Waals surface area contributed by atoms with Crippen molar-refractivity contribution in [3.63, 3.8) is 0 Å². The van der Waals surface area contributed by atoms with Crippen molar-refractivity contribution in [3.05, 3.63) is 83.9 Å². The summed E-state index contributed by atoms with van der Waals surface area (Å²) in [6.07, 6.45) is 1.83. The molecule has 128 valence electrons. The first-order valence-electron chi connectivity index (χ1n) is 8.41. The summed E-state index contributed by atoms with van der Waals surface area (Å²) in [6.45, 7) is 2.31. The zero-order valence-corrected chi connectivity index (χ0v) is 14.3. The monoisotopic (exact) mass is 344 g/mol. The van der Waals surface area contributed by atoms with E-state index in [0.29, 0.717) is 23.6 Å². The number of furan rings is 1. The van der Waals surface area contributed by atoms with E-state index >= 15 is 0 Å². The molecule has 26 heavy (non-hydrogen) atoms. The van der Waals surface area contributed by atoms with Crippen LogP contribution in [0.3, 0.4) is 0 Å². The summed E-state index contributed by atoms with van der Waals surface area (Å²) in [5.74, 6) is 1.31. The normalized spacial score (nSPS) is 10.8. The molecule has 4 rings (SSSR count). The highest BCUT2D eigenvalue weighted by molar-refractivity contribution is 6.07. The first kappa shape index (κ1) is 16.0. The van der Waals surface area contributed by atoms with Gasteiger partial charge in [0, 0.05) is 17.5 Å². The second kappa shape index (κ2) is 6.80. The van der Waals surface area contributed by atoms with Crippen molar-refractivity contribution < 1.29 is 14.2 Å². The van der Waals surface area contributed by atoms with Crippen molar-refractivity contribution in [2.75, 3.05) is 0 Å². The third kappa shape index (κ3) is 3.19. The summed E-state index contributed by atoms with van der Waals surface area (Å²) in [5, 5.41) is 3.78. The Morgan fingerprint density at radius 3 is 2.73 bits per heavy atom. The van der Waals surface area contributed by atoms with Gasteiger partial charge in [0.05, 0.1) is 11.1 Å². The summed E-state index contributed by atoms with van der Waals surface area (Å²) >= 11 is 0. The maximum Gasteiger partial charge on any atom is 0.252 e. The van der Waals surface area contributed by atoms with Gasteiger partial charge in [-0.2, -0.15) is 0 Å². The Hall–Kier alpha value is -3.47. The smallest absolute Gasteiger partial charge is 0.252 e. The molecule has 0 fully saturated rings. The van der Waals surface area contributed by atoms with Gasteiger partial charge >= 0.3 is 0 Å². The van der Waals surface area contributed by atoms with Crippen LogP contribution in [0.4, 0.5) is 0 Å². The number of fused-ring (bicyclic) bond motifs is 1. The maximum atomic E-state index is 12.8. The molecule has 0 radical (unpaired) electrons. The van der Waals surface area contributed by atoms with Gasteiger partial charge in [0.15, 0.2) is 17.7 Å². The molecule has 5 heteroatoms. The van der Waals surface area contributed by atoms with Crippen LogP contribution in [-0.4, -0.2) is 10.9 Å². The van der Waals surface area contributed by atoms with Crippen LogP contribution in [0.1, 0.15) is 21.8 Å². The number of pyridine rings is 2. The van der Waals surface area contributed by atoms with Gasteiger partial charge in [-0.1, -0.05) is 24.3 Å². The Morgan fingerprint density at radius 1 is 1.12 bits per heavy atom. The largest absolute Gasteiger partial charge is 0.460 e. The molecule has 1 amide bonds. The number of hydrogen-bond donors (Lipinski definition) is 1. The van der Waals surface area contributed by atoms with E-state index < -0.39 is 0 Å². The molecule has 0 unspecified atom stereocenters. The molecule has 3 heterocycles. The predicted molar refractivity (Wildman–Crippen MR) is 98.3 cm³/mol. The molecule has 5 nitrogen and oxygen atoms in total. The van der Waals surface area contributed by atoms with Crippen LogP contribution in [-0.2, 0) is 6.54 Å². The molecule has 3 aromatic heterocycles. The zero-order valence-electron chi connectivity index (χ0n) is 14.3. The topological polar surface area (TPSA) is 69.3 Å². The Morgan fingerprint density at radius 2 is 1.96 bits per heavy atom. The molecule has 0 spiro atoms. The lowest BCUT2D eigenvalue weighted by Crippen LogP contribution is -2.26. The number of nitrogens with zero attached hydrogens (tertiary/aromatic N) is 1. The van der Waals surface area contributed by atoms with Gasteiger partial charge in [-0.05, 0) is 31.2 Å². The number of H-pyrrole nitrogens is 1. The molecule has 2 N–H and O–H groups in total. The highest BCUT2D eigenvalue weighted by Crippen LogP contribution is 2.26. The van der Waals surface area contributed by atoms with Gasteiger partial charge in [0.1, 0.15) is 18.0 Å². The van der Waals surface area contributed by atoms with Crippen LogP contribution in [0.25, 0.3) is 22.4 Å². The van der Waals surface area contributed by atoms with E-state index in [9.17, 15) is 4.79 Å². The molecule has 0 saturated heterocycles. The highest BCUT2D eigenvalue weighted by atomic mass is 16.3. The second-order valence-corrected chi connectivity index (χ2v) is 6.05. The number of carbonyl (C=O) groups is 1. The standard InChI is InChI=1S/C21H17N3O2/c1-14-9-10-20(26-14)19-12-17(16-7-2-3-8-18(16)24-19)21(25)23-13-15-6-4-5-11-22-15/h2-12H,13H2,1H3,(H,23,25)/p+1. The molecule has 0 aliphatic rings. The number of benzene rings is 1. The first-order valence-corrected chi connectivity index (χ1v) is 8.41. The van der Waals surface area contributed by atoms with Crippen molar-refractivity contribution in [2.45, 2.75) is 13.5 Å². The summed E-state index contributed by atoms with van der Waals surface area (Å²) < 4.78 is 5.68. The summed E-state index contributed by atoms with van der Waals surface area (Å²) in [5.41, 5.74) is 2.92. The summed E-state index contributed by atoms with van der Waals surface area (Å²) in [6, 6.07) is 18.9. The van der Waals surface area contributed by atoms with Crippen LogP contribution in [0.5, 0.6) is 0 Å². The third-order valence-electron chi connectivity index (χ3n) is 4.17. The number of nitrogens with one attached hydrogen (secondary N) is 2. The minimum Gasteiger partial charge on any atom is -0.460 e. The number of para-hydroxylation sites is 1. The maximum absolute atomic E-state index is 12.8. The Labute approximate surface area is 150 Å². The third-order valence-corrected chi connectivity index (χ3v) is 4.17. The van der Waals surface area contributed by atoms with Crippen LogP contribution >= 0.6 is 0 Å². The van der Waals surface area contributed by atoms with E-state index in [-0.39, 0.29) is 5.91 Å². The second-order valence-electron chi connectivity index (χ2n) is 6.05. The fraction of sp³-hybridized carbons (Fsp3) is 0.0952.